The van der Waals surface area contributed by atoms with Crippen molar-refractivity contribution in [1.29, 1.82) is 0 Å². The van der Waals surface area contributed by atoms with Crippen LogP contribution in [0.4, 0.5) is 10.5 Å². The molecule has 1 aromatic carbocycles. The molecule has 3 rings (SSSR count). The molecule has 0 radical (unpaired) electrons. The first kappa shape index (κ1) is 17.9. The minimum Gasteiger partial charge on any atom is -0.480 e. The highest BCUT2D eigenvalue weighted by atomic mass is 16.4. The first-order valence-electron chi connectivity index (χ1n) is 8.74. The highest BCUT2D eigenvalue weighted by Crippen LogP contribution is 2.33. The summed E-state index contributed by atoms with van der Waals surface area (Å²) in [5, 5.41) is 14.6. The summed E-state index contributed by atoms with van der Waals surface area (Å²) in [6.45, 7) is -0.905. The van der Waals surface area contributed by atoms with Gasteiger partial charge in [0.1, 0.15) is 13.1 Å². The third-order valence-electron chi connectivity index (χ3n) is 4.74. The van der Waals surface area contributed by atoms with Gasteiger partial charge < -0.3 is 10.8 Å². The minimum absolute atomic E-state index is 0.155. The van der Waals surface area contributed by atoms with Crippen LogP contribution in [0.25, 0.3) is 0 Å². The van der Waals surface area contributed by atoms with E-state index in [0.717, 1.165) is 42.7 Å². The van der Waals surface area contributed by atoms with Gasteiger partial charge in [-0.15, -0.1) is 0 Å². The van der Waals surface area contributed by atoms with Gasteiger partial charge in [-0.2, -0.15) is 5.10 Å². The Kier molecular flexibility index (Phi) is 5.20. The molecule has 8 heteroatoms. The van der Waals surface area contributed by atoms with E-state index in [0.29, 0.717) is 11.4 Å². The van der Waals surface area contributed by atoms with Crippen molar-refractivity contribution in [2.75, 3.05) is 18.0 Å². The Labute approximate surface area is 151 Å². The number of amides is 3. The maximum absolute atomic E-state index is 12.9. The average molecular weight is 358 g/mol. The number of nitrogens with zero attached hydrogens (tertiary/aromatic N) is 3. The summed E-state index contributed by atoms with van der Waals surface area (Å²) >= 11 is 0. The van der Waals surface area contributed by atoms with Crippen LogP contribution >= 0.6 is 0 Å². The maximum atomic E-state index is 12.9. The van der Waals surface area contributed by atoms with Crippen LogP contribution in [0.3, 0.4) is 0 Å². The van der Waals surface area contributed by atoms with Crippen molar-refractivity contribution in [2.45, 2.75) is 32.1 Å². The smallest absolute Gasteiger partial charge is 0.345 e. The summed E-state index contributed by atoms with van der Waals surface area (Å²) in [7, 11) is 0. The number of carboxylic acids is 1. The van der Waals surface area contributed by atoms with Gasteiger partial charge in [0.05, 0.1) is 11.4 Å². The first-order valence-corrected chi connectivity index (χ1v) is 8.74. The molecule has 0 atom stereocenters. The monoisotopic (exact) mass is 358 g/mol. The van der Waals surface area contributed by atoms with E-state index in [1.54, 1.807) is 12.1 Å². The molecule has 1 aliphatic carbocycles. The number of benzene rings is 1. The number of para-hydroxylation sites is 1. The molecule has 0 aromatic heterocycles. The molecule has 26 heavy (non-hydrogen) atoms. The van der Waals surface area contributed by atoms with Crippen LogP contribution in [-0.4, -0.2) is 46.8 Å². The van der Waals surface area contributed by atoms with E-state index < -0.39 is 24.5 Å². The number of nitrogens with two attached hydrogens (primary N) is 1. The number of aliphatic carboxylic acids is 1. The average Bonchev–Trinajstić information content (AvgIpc) is 2.72. The Morgan fingerprint density at radius 2 is 1.85 bits per heavy atom. The molecule has 1 fully saturated rings. The Bertz CT molecular complexity index is 755. The summed E-state index contributed by atoms with van der Waals surface area (Å²) in [5.41, 5.74) is 7.31. The zero-order valence-corrected chi connectivity index (χ0v) is 14.4. The molecular formula is C18H22N4O4. The largest absolute Gasteiger partial charge is 0.480 e. The number of fused-ring (bicyclic) bond motifs is 1. The molecule has 3 N–H and O–H groups in total. The van der Waals surface area contributed by atoms with E-state index in [1.807, 2.05) is 12.1 Å². The Hall–Kier alpha value is -2.90. The Morgan fingerprint density at radius 1 is 1.15 bits per heavy atom. The number of carboxylic acid groups (broad SMARTS) is 1. The quantitative estimate of drug-likeness (QED) is 0.834. The topological polar surface area (TPSA) is 116 Å². The van der Waals surface area contributed by atoms with Gasteiger partial charge in [-0.25, -0.2) is 9.80 Å². The third kappa shape index (κ3) is 3.68. The Balaban J connectivity index is 2.11. The number of primary amides is 1. The number of rotatable bonds is 5. The molecule has 3 amide bonds. The molecule has 1 heterocycles. The van der Waals surface area contributed by atoms with Gasteiger partial charge in [0.25, 0.3) is 0 Å². The zero-order chi connectivity index (χ0) is 18.7. The third-order valence-corrected chi connectivity index (χ3v) is 4.74. The Morgan fingerprint density at radius 3 is 2.50 bits per heavy atom. The van der Waals surface area contributed by atoms with Crippen LogP contribution in [0.15, 0.2) is 29.4 Å². The molecule has 1 aliphatic heterocycles. The number of hydrazone groups is 1. The zero-order valence-electron chi connectivity index (χ0n) is 14.4. The van der Waals surface area contributed by atoms with Crippen molar-refractivity contribution < 1.29 is 19.5 Å². The normalized spacial score (nSPS) is 18.2. The highest BCUT2D eigenvalue weighted by molar-refractivity contribution is 6.12. The molecule has 0 spiro atoms. The van der Waals surface area contributed by atoms with Crippen molar-refractivity contribution in [3.8, 4) is 0 Å². The summed E-state index contributed by atoms with van der Waals surface area (Å²) in [4.78, 5) is 36.8. The molecule has 0 saturated heterocycles. The van der Waals surface area contributed by atoms with E-state index in [9.17, 15) is 19.5 Å². The van der Waals surface area contributed by atoms with Crippen LogP contribution in [0.1, 0.15) is 37.7 Å². The second-order valence-electron chi connectivity index (χ2n) is 6.62. The van der Waals surface area contributed by atoms with E-state index >= 15 is 0 Å². The highest BCUT2D eigenvalue weighted by Gasteiger charge is 2.34. The van der Waals surface area contributed by atoms with E-state index in [4.69, 9.17) is 5.73 Å². The van der Waals surface area contributed by atoms with E-state index in [2.05, 4.69) is 5.10 Å². The van der Waals surface area contributed by atoms with Crippen LogP contribution in [0, 0.1) is 5.92 Å². The van der Waals surface area contributed by atoms with E-state index in [-0.39, 0.29) is 12.5 Å². The van der Waals surface area contributed by atoms with Gasteiger partial charge >= 0.3 is 12.0 Å². The number of anilines is 1. The molecular weight excluding hydrogens is 336 g/mol. The van der Waals surface area contributed by atoms with Crippen molar-refractivity contribution >= 4 is 29.3 Å². The lowest BCUT2D eigenvalue weighted by Gasteiger charge is -2.25. The predicted molar refractivity (Wildman–Crippen MR) is 95.8 cm³/mol. The van der Waals surface area contributed by atoms with Crippen molar-refractivity contribution in [3.63, 3.8) is 0 Å². The molecule has 0 unspecified atom stereocenters. The van der Waals surface area contributed by atoms with Gasteiger partial charge in [-0.05, 0) is 18.9 Å². The second-order valence-corrected chi connectivity index (χ2v) is 6.62. The molecule has 2 aliphatic rings. The van der Waals surface area contributed by atoms with Gasteiger partial charge in [0.2, 0.25) is 5.91 Å². The second kappa shape index (κ2) is 7.55. The predicted octanol–water partition coefficient (Wildman–Crippen LogP) is 1.78. The number of carbonyl (C=O) groups is 3. The fourth-order valence-electron chi connectivity index (χ4n) is 3.61. The fourth-order valence-corrected chi connectivity index (χ4v) is 3.61. The number of carbonyl (C=O) groups excluding carboxylic acids is 2. The van der Waals surface area contributed by atoms with Crippen LogP contribution < -0.4 is 10.6 Å². The van der Waals surface area contributed by atoms with Gasteiger partial charge in [-0.1, -0.05) is 37.5 Å². The standard InChI is InChI=1S/C18H22N4O4/c19-15(23)10-21-14-9-5-4-8-13(14)17(12-6-2-1-3-7-12)20-22(18(21)26)11-16(24)25/h4-5,8-9,12H,1-3,6-7,10-11H2,(H2,19,23)(H,24,25). The van der Waals surface area contributed by atoms with Gasteiger partial charge in [0, 0.05) is 11.5 Å². The van der Waals surface area contributed by atoms with Crippen LogP contribution in [-0.2, 0) is 9.59 Å². The molecule has 138 valence electrons. The molecule has 1 aromatic rings. The van der Waals surface area contributed by atoms with Crippen LogP contribution in [0.2, 0.25) is 0 Å². The SMILES string of the molecule is NC(=O)CN1C(=O)N(CC(=O)O)N=C(C2CCCCC2)c2ccccc21. The van der Waals surface area contributed by atoms with Crippen molar-refractivity contribution in [2.24, 2.45) is 16.8 Å². The maximum Gasteiger partial charge on any atom is 0.345 e. The lowest BCUT2D eigenvalue weighted by atomic mass is 9.83. The minimum atomic E-state index is -1.17. The lowest BCUT2D eigenvalue weighted by molar-refractivity contribution is -0.137. The molecule has 8 nitrogen and oxygen atoms in total. The van der Waals surface area contributed by atoms with Gasteiger partial charge in [0.15, 0.2) is 0 Å². The first-order chi connectivity index (χ1) is 12.5. The fraction of sp³-hybridized carbons (Fsp3) is 0.444. The lowest BCUT2D eigenvalue weighted by Crippen LogP contribution is -2.45. The number of hydrogen-bond acceptors (Lipinski definition) is 4. The summed E-state index contributed by atoms with van der Waals surface area (Å²) < 4.78 is 0. The molecule has 1 saturated carbocycles. The van der Waals surface area contributed by atoms with E-state index in [1.165, 1.54) is 4.90 Å². The molecule has 0 bridgehead atoms. The summed E-state index contributed by atoms with van der Waals surface area (Å²) in [6, 6.07) is 6.54. The van der Waals surface area contributed by atoms with Gasteiger partial charge in [-0.3, -0.25) is 14.5 Å². The van der Waals surface area contributed by atoms with Crippen molar-refractivity contribution in [3.05, 3.63) is 29.8 Å². The number of hydrogen-bond donors (Lipinski definition) is 2. The van der Waals surface area contributed by atoms with Crippen LogP contribution in [0.5, 0.6) is 0 Å². The number of urea groups is 1. The van der Waals surface area contributed by atoms with Crippen molar-refractivity contribution in [1.82, 2.24) is 5.01 Å². The summed E-state index contributed by atoms with van der Waals surface area (Å²) in [6.07, 6.45) is 5.20. The summed E-state index contributed by atoms with van der Waals surface area (Å²) in [5.74, 6) is -1.69.